The van der Waals surface area contributed by atoms with Crippen LogP contribution in [0.1, 0.15) is 51.4 Å². The normalized spacial score (nSPS) is 15.2. The maximum absolute atomic E-state index is 11.7. The number of rotatable bonds is 17. The van der Waals surface area contributed by atoms with Crippen molar-refractivity contribution < 1.29 is 57.5 Å². The summed E-state index contributed by atoms with van der Waals surface area (Å²) in [5, 5.41) is 5.93. The van der Waals surface area contributed by atoms with Crippen LogP contribution in [-0.4, -0.2) is 97.0 Å². The number of hydroxylamine groups is 4. The first-order valence-corrected chi connectivity index (χ1v) is 12.0. The second-order valence-corrected chi connectivity index (χ2v) is 8.01. The molecule has 0 bridgehead atoms. The zero-order chi connectivity index (χ0) is 27.9. The van der Waals surface area contributed by atoms with E-state index in [2.05, 4.69) is 20.3 Å². The SMILES string of the molecule is O=C(CCC(=O)ON1C(=O)CCC1=O)NCCOCCOCCNC(=O)CCC(=O)ON1C(=O)CCC1=O. The van der Waals surface area contributed by atoms with Crippen molar-refractivity contribution in [1.82, 2.24) is 20.8 Å². The molecule has 2 aliphatic rings. The van der Waals surface area contributed by atoms with Crippen molar-refractivity contribution in [2.24, 2.45) is 0 Å². The first-order chi connectivity index (χ1) is 18.2. The Labute approximate surface area is 217 Å². The molecule has 2 N–H and O–H groups in total. The largest absolute Gasteiger partial charge is 0.377 e. The van der Waals surface area contributed by atoms with Gasteiger partial charge in [-0.2, -0.15) is 0 Å². The minimum Gasteiger partial charge on any atom is -0.377 e. The summed E-state index contributed by atoms with van der Waals surface area (Å²) in [5.74, 6) is -4.94. The van der Waals surface area contributed by atoms with Crippen LogP contribution in [0.5, 0.6) is 0 Å². The molecule has 0 radical (unpaired) electrons. The molecule has 0 unspecified atom stereocenters. The van der Waals surface area contributed by atoms with Gasteiger partial charge in [-0.3, -0.25) is 28.8 Å². The van der Waals surface area contributed by atoms with Gasteiger partial charge < -0.3 is 29.8 Å². The number of carbonyl (C=O) groups is 8. The minimum atomic E-state index is -0.858. The van der Waals surface area contributed by atoms with Gasteiger partial charge in [-0.15, -0.1) is 10.1 Å². The molecule has 6 amide bonds. The highest BCUT2D eigenvalue weighted by Gasteiger charge is 2.33. The molecule has 2 saturated heterocycles. The fourth-order valence-corrected chi connectivity index (χ4v) is 3.07. The van der Waals surface area contributed by atoms with Crippen molar-refractivity contribution in [2.45, 2.75) is 51.4 Å². The zero-order valence-electron chi connectivity index (χ0n) is 20.7. The Morgan fingerprint density at radius 3 is 1.24 bits per heavy atom. The van der Waals surface area contributed by atoms with Crippen LogP contribution < -0.4 is 10.6 Å². The van der Waals surface area contributed by atoms with Gasteiger partial charge in [-0.25, -0.2) is 9.59 Å². The van der Waals surface area contributed by atoms with Crippen molar-refractivity contribution in [2.75, 3.05) is 39.5 Å². The van der Waals surface area contributed by atoms with E-state index in [1.165, 1.54) is 0 Å². The van der Waals surface area contributed by atoms with Crippen LogP contribution >= 0.6 is 0 Å². The third kappa shape index (κ3) is 11.0. The predicted octanol–water partition coefficient (Wildman–Crippen LogP) is -1.97. The maximum atomic E-state index is 11.7. The molecule has 0 saturated carbocycles. The van der Waals surface area contributed by atoms with Crippen LogP contribution in [-0.2, 0) is 57.5 Å². The van der Waals surface area contributed by atoms with E-state index in [-0.39, 0.29) is 90.9 Å². The van der Waals surface area contributed by atoms with Gasteiger partial charge in [0.1, 0.15) is 0 Å². The van der Waals surface area contributed by atoms with E-state index in [1.54, 1.807) is 0 Å². The van der Waals surface area contributed by atoms with E-state index in [4.69, 9.17) is 9.47 Å². The quantitative estimate of drug-likeness (QED) is 0.152. The molecule has 2 aliphatic heterocycles. The number of hydrogen-bond acceptors (Lipinski definition) is 12. The average Bonchev–Trinajstić information content (AvgIpc) is 3.37. The summed E-state index contributed by atoms with van der Waals surface area (Å²) in [7, 11) is 0. The molecular formula is C22H30N4O12. The Morgan fingerprint density at radius 2 is 0.895 bits per heavy atom. The molecule has 0 spiro atoms. The molecule has 0 aliphatic carbocycles. The molecule has 0 atom stereocenters. The summed E-state index contributed by atoms with van der Waals surface area (Å²) >= 11 is 0. The highest BCUT2D eigenvalue weighted by atomic mass is 16.7. The summed E-state index contributed by atoms with van der Waals surface area (Å²) < 4.78 is 10.6. The monoisotopic (exact) mass is 542 g/mol. The van der Waals surface area contributed by atoms with E-state index in [1.807, 2.05) is 0 Å². The van der Waals surface area contributed by atoms with Crippen molar-refractivity contribution >= 4 is 47.4 Å². The molecule has 16 heteroatoms. The average molecular weight is 542 g/mol. The van der Waals surface area contributed by atoms with Crippen LogP contribution in [0.15, 0.2) is 0 Å². The number of imide groups is 2. The predicted molar refractivity (Wildman–Crippen MR) is 120 cm³/mol. The van der Waals surface area contributed by atoms with Crippen molar-refractivity contribution in [1.29, 1.82) is 0 Å². The Hall–Kier alpha value is -3.92. The lowest BCUT2D eigenvalue weighted by Crippen LogP contribution is -2.33. The minimum absolute atomic E-state index is 0.0102. The first-order valence-electron chi connectivity index (χ1n) is 12.0. The Bertz CT molecular complexity index is 831. The summed E-state index contributed by atoms with van der Waals surface area (Å²) in [5.41, 5.74) is 0. The molecular weight excluding hydrogens is 512 g/mol. The van der Waals surface area contributed by atoms with Crippen LogP contribution in [0.2, 0.25) is 0 Å². The Morgan fingerprint density at radius 1 is 0.553 bits per heavy atom. The van der Waals surface area contributed by atoms with E-state index in [0.717, 1.165) is 0 Å². The number of ether oxygens (including phenoxy) is 2. The van der Waals surface area contributed by atoms with Gasteiger partial charge in [0.25, 0.3) is 23.6 Å². The van der Waals surface area contributed by atoms with E-state index < -0.39 is 47.4 Å². The summed E-state index contributed by atoms with van der Waals surface area (Å²) in [6.45, 7) is 1.22. The number of nitrogens with zero attached hydrogens (tertiary/aromatic N) is 2. The summed E-state index contributed by atoms with van der Waals surface area (Å²) in [4.78, 5) is 102. The summed E-state index contributed by atoms with van der Waals surface area (Å²) in [6, 6.07) is 0. The van der Waals surface area contributed by atoms with E-state index in [0.29, 0.717) is 10.1 Å². The summed E-state index contributed by atoms with van der Waals surface area (Å²) in [6.07, 6.45) is -0.982. The van der Waals surface area contributed by atoms with Gasteiger partial charge in [0.2, 0.25) is 11.8 Å². The van der Waals surface area contributed by atoms with E-state index in [9.17, 15) is 38.4 Å². The molecule has 2 rings (SSSR count). The van der Waals surface area contributed by atoms with Crippen molar-refractivity contribution in [3.8, 4) is 0 Å². The van der Waals surface area contributed by atoms with Crippen molar-refractivity contribution in [3.05, 3.63) is 0 Å². The lowest BCUT2D eigenvalue weighted by Gasteiger charge is -2.12. The third-order valence-corrected chi connectivity index (χ3v) is 5.02. The fourth-order valence-electron chi connectivity index (χ4n) is 3.07. The molecule has 38 heavy (non-hydrogen) atoms. The van der Waals surface area contributed by atoms with Crippen LogP contribution in [0, 0.1) is 0 Å². The molecule has 0 aromatic heterocycles. The second-order valence-electron chi connectivity index (χ2n) is 8.01. The number of hydrogen-bond donors (Lipinski definition) is 2. The highest BCUT2D eigenvalue weighted by molar-refractivity contribution is 6.02. The van der Waals surface area contributed by atoms with Gasteiger partial charge in [0, 0.05) is 51.6 Å². The lowest BCUT2D eigenvalue weighted by molar-refractivity contribution is -0.197. The molecule has 210 valence electrons. The van der Waals surface area contributed by atoms with Crippen LogP contribution in [0.4, 0.5) is 0 Å². The molecule has 16 nitrogen and oxygen atoms in total. The molecule has 0 aromatic rings. The van der Waals surface area contributed by atoms with Crippen LogP contribution in [0.3, 0.4) is 0 Å². The Kier molecular flexibility index (Phi) is 12.8. The van der Waals surface area contributed by atoms with Gasteiger partial charge >= 0.3 is 11.9 Å². The van der Waals surface area contributed by atoms with Gasteiger partial charge in [-0.05, 0) is 0 Å². The smallest absolute Gasteiger partial charge is 0.333 e. The number of nitrogens with one attached hydrogen (secondary N) is 2. The van der Waals surface area contributed by atoms with Crippen LogP contribution in [0.25, 0.3) is 0 Å². The molecule has 2 fully saturated rings. The zero-order valence-corrected chi connectivity index (χ0v) is 20.7. The highest BCUT2D eigenvalue weighted by Crippen LogP contribution is 2.13. The standard InChI is InChI=1S/C22H30N4O12/c27-15(1-7-21(33)37-25-17(29)3-4-18(25)30)23-9-11-35-13-14-36-12-10-24-16(28)2-8-22(34)38-26-19(31)5-6-20(26)32/h1-14H2,(H,23,27)(H,24,28). The second kappa shape index (κ2) is 16.0. The van der Waals surface area contributed by atoms with Gasteiger partial charge in [-0.1, -0.05) is 0 Å². The molecule has 2 heterocycles. The topological polar surface area (TPSA) is 204 Å². The van der Waals surface area contributed by atoms with E-state index >= 15 is 0 Å². The third-order valence-electron chi connectivity index (χ3n) is 5.02. The maximum Gasteiger partial charge on any atom is 0.333 e. The van der Waals surface area contributed by atoms with Gasteiger partial charge in [0.15, 0.2) is 0 Å². The fraction of sp³-hybridized carbons (Fsp3) is 0.636. The number of carbonyl (C=O) groups excluding carboxylic acids is 8. The lowest BCUT2D eigenvalue weighted by atomic mass is 10.3. The first kappa shape index (κ1) is 30.3. The van der Waals surface area contributed by atoms with Gasteiger partial charge in [0.05, 0.1) is 39.3 Å². The number of amides is 6. The van der Waals surface area contributed by atoms with Crippen molar-refractivity contribution in [3.63, 3.8) is 0 Å². The Balaban J connectivity index is 1.37. The molecule has 0 aromatic carbocycles.